The van der Waals surface area contributed by atoms with E-state index in [0.29, 0.717) is 17.6 Å². The first-order chi connectivity index (χ1) is 18.6. The van der Waals surface area contributed by atoms with E-state index in [-0.39, 0.29) is 45.7 Å². The van der Waals surface area contributed by atoms with Crippen LogP contribution in [0.2, 0.25) is 0 Å². The Kier molecular flexibility index (Phi) is 6.42. The highest BCUT2D eigenvalue weighted by Crippen LogP contribution is 2.63. The number of benzene rings is 1. The molecule has 3 aliphatic carbocycles. The third-order valence-electron chi connectivity index (χ3n) is 9.80. The number of carbonyl (C=O) groups excluding carboxylic acids is 4. The number of allylic oxidation sites excluding steroid dienone is 5. The molecule has 3 N–H and O–H groups in total. The summed E-state index contributed by atoms with van der Waals surface area (Å²) in [6.07, 6.45) is 6.07. The molecule has 1 aromatic rings. The molecule has 7 heteroatoms. The number of aliphatic hydroxyl groups is 1. The molecule has 2 fully saturated rings. The van der Waals surface area contributed by atoms with Crippen molar-refractivity contribution in [3.63, 3.8) is 0 Å². The lowest BCUT2D eigenvalue weighted by atomic mass is 9.62. The molecule has 1 aliphatic heterocycles. The van der Waals surface area contributed by atoms with Crippen molar-refractivity contribution in [2.75, 3.05) is 0 Å². The van der Waals surface area contributed by atoms with Crippen molar-refractivity contribution in [1.29, 1.82) is 0 Å². The third-order valence-corrected chi connectivity index (χ3v) is 9.80. The van der Waals surface area contributed by atoms with Crippen LogP contribution in [0.15, 0.2) is 41.0 Å². The van der Waals surface area contributed by atoms with Gasteiger partial charge < -0.3 is 15.5 Å². The standard InChI is InChI=1S/C33H39NO6/c1-14(2)9-22-25-20(8)33(40)19(7)12-16(4)10-15(3)11-17(5)26(35)24-23-21(13-18(6)27(24)36)30(38)32(25,34-31(22)39)29(33)28(23)37/h10-14,16,20,22,25,29,36,40H,9H2,1-8H3,(H,34,39)/b15-10-,17-11-,19-12-/t16-,20-,22-,25-,29+,32-,33+/m1/s1. The van der Waals surface area contributed by atoms with Gasteiger partial charge in [-0.2, -0.15) is 0 Å². The van der Waals surface area contributed by atoms with Gasteiger partial charge in [0.15, 0.2) is 17.3 Å². The first-order valence-corrected chi connectivity index (χ1v) is 14.2. The minimum Gasteiger partial charge on any atom is -0.507 e. The van der Waals surface area contributed by atoms with Gasteiger partial charge in [-0.05, 0) is 74.6 Å². The maximum absolute atomic E-state index is 14.8. The molecule has 0 radical (unpaired) electrons. The number of rotatable bonds is 2. The second-order valence-electron chi connectivity index (χ2n) is 13.0. The maximum Gasteiger partial charge on any atom is 0.224 e. The van der Waals surface area contributed by atoms with E-state index in [1.54, 1.807) is 26.8 Å². The fourth-order valence-electron chi connectivity index (χ4n) is 8.32. The van der Waals surface area contributed by atoms with Gasteiger partial charge in [0.05, 0.1) is 11.5 Å². The number of hydrogen-bond acceptors (Lipinski definition) is 6. The zero-order valence-electron chi connectivity index (χ0n) is 24.5. The highest BCUT2D eigenvalue weighted by molar-refractivity contribution is 6.28. The summed E-state index contributed by atoms with van der Waals surface area (Å²) in [7, 11) is 0. The van der Waals surface area contributed by atoms with Crippen molar-refractivity contribution in [2.24, 2.45) is 35.5 Å². The molecule has 1 amide bonds. The predicted molar refractivity (Wildman–Crippen MR) is 151 cm³/mol. The molecular weight excluding hydrogens is 506 g/mol. The van der Waals surface area contributed by atoms with Crippen LogP contribution in [0.4, 0.5) is 0 Å². The number of aromatic hydroxyl groups is 1. The van der Waals surface area contributed by atoms with Gasteiger partial charge in [-0.3, -0.25) is 19.2 Å². The zero-order valence-corrected chi connectivity index (χ0v) is 24.5. The highest BCUT2D eigenvalue weighted by Gasteiger charge is 2.78. The molecule has 1 saturated heterocycles. The lowest BCUT2D eigenvalue weighted by Crippen LogP contribution is -2.64. The van der Waals surface area contributed by atoms with Crippen LogP contribution in [0.5, 0.6) is 5.75 Å². The van der Waals surface area contributed by atoms with Crippen LogP contribution < -0.4 is 5.32 Å². The normalized spacial score (nSPS) is 39.2. The molecule has 5 rings (SSSR count). The van der Waals surface area contributed by atoms with Crippen LogP contribution in [0.3, 0.4) is 0 Å². The number of phenols is 1. The Labute approximate surface area is 235 Å². The molecule has 1 saturated carbocycles. The fourth-order valence-corrected chi connectivity index (χ4v) is 8.32. The Morgan fingerprint density at radius 1 is 1.00 bits per heavy atom. The van der Waals surface area contributed by atoms with Gasteiger partial charge in [0.2, 0.25) is 5.91 Å². The monoisotopic (exact) mass is 545 g/mol. The van der Waals surface area contributed by atoms with Crippen LogP contribution >= 0.6 is 0 Å². The van der Waals surface area contributed by atoms with E-state index in [9.17, 15) is 29.4 Å². The van der Waals surface area contributed by atoms with Crippen molar-refractivity contribution in [2.45, 2.75) is 73.0 Å². The van der Waals surface area contributed by atoms with Crippen molar-refractivity contribution < 1.29 is 29.4 Å². The van der Waals surface area contributed by atoms with Gasteiger partial charge in [0.1, 0.15) is 16.9 Å². The van der Waals surface area contributed by atoms with Crippen LogP contribution in [-0.2, 0) is 4.79 Å². The molecule has 1 aromatic carbocycles. The molecule has 40 heavy (non-hydrogen) atoms. The topological polar surface area (TPSA) is 121 Å². The average molecular weight is 546 g/mol. The number of nitrogens with one attached hydrogen (secondary N) is 1. The molecule has 1 spiro atoms. The number of phenolic OH excluding ortho intramolecular Hbond substituents is 1. The van der Waals surface area contributed by atoms with Crippen LogP contribution in [0.1, 0.15) is 91.5 Å². The number of Topliss-reactive ketones (excluding diaryl/α,β-unsaturated/α-hetero) is 3. The third kappa shape index (κ3) is 3.52. The highest BCUT2D eigenvalue weighted by atomic mass is 16.3. The van der Waals surface area contributed by atoms with E-state index in [1.807, 2.05) is 46.8 Å². The summed E-state index contributed by atoms with van der Waals surface area (Å²) in [5.41, 5.74) is -1.86. The summed E-state index contributed by atoms with van der Waals surface area (Å²) in [5.74, 6) is -5.49. The summed E-state index contributed by atoms with van der Waals surface area (Å²) in [6.45, 7) is 14.6. The smallest absolute Gasteiger partial charge is 0.224 e. The molecule has 7 nitrogen and oxygen atoms in total. The first-order valence-electron chi connectivity index (χ1n) is 14.2. The van der Waals surface area contributed by atoms with Gasteiger partial charge in [0.25, 0.3) is 0 Å². The Bertz CT molecular complexity index is 1480. The largest absolute Gasteiger partial charge is 0.507 e. The zero-order chi connectivity index (χ0) is 29.6. The number of amides is 1. The number of aryl methyl sites for hydroxylation is 1. The molecule has 212 valence electrons. The lowest BCUT2D eigenvalue weighted by Gasteiger charge is -2.43. The minimum atomic E-state index is -1.77. The summed E-state index contributed by atoms with van der Waals surface area (Å²) in [5, 5.41) is 26.8. The Hall–Kier alpha value is -3.32. The van der Waals surface area contributed by atoms with Crippen molar-refractivity contribution in [3.05, 3.63) is 63.3 Å². The van der Waals surface area contributed by atoms with Gasteiger partial charge in [-0.1, -0.05) is 51.5 Å². The van der Waals surface area contributed by atoms with Gasteiger partial charge in [-0.25, -0.2) is 0 Å². The average Bonchev–Trinajstić information content (AvgIpc) is 3.23. The Morgan fingerprint density at radius 3 is 2.27 bits per heavy atom. The van der Waals surface area contributed by atoms with E-state index >= 15 is 0 Å². The maximum atomic E-state index is 14.8. The first kappa shape index (κ1) is 28.2. The lowest BCUT2D eigenvalue weighted by molar-refractivity contribution is -0.125. The predicted octanol–water partition coefficient (Wildman–Crippen LogP) is 4.90. The number of ketones is 3. The van der Waals surface area contributed by atoms with Crippen LogP contribution in [0.25, 0.3) is 0 Å². The van der Waals surface area contributed by atoms with E-state index in [2.05, 4.69) is 5.32 Å². The fraction of sp³-hybridized carbons (Fsp3) is 0.515. The summed E-state index contributed by atoms with van der Waals surface area (Å²) >= 11 is 0. The van der Waals surface area contributed by atoms with Crippen molar-refractivity contribution in [3.8, 4) is 5.75 Å². The summed E-state index contributed by atoms with van der Waals surface area (Å²) in [6, 6.07) is 1.45. The Morgan fingerprint density at radius 2 is 1.65 bits per heavy atom. The van der Waals surface area contributed by atoms with Crippen LogP contribution in [-0.4, -0.2) is 44.6 Å². The Balaban J connectivity index is 1.93. The van der Waals surface area contributed by atoms with Gasteiger partial charge in [-0.15, -0.1) is 0 Å². The molecule has 7 atom stereocenters. The number of carbonyl (C=O) groups is 4. The summed E-state index contributed by atoms with van der Waals surface area (Å²) in [4.78, 5) is 56.9. The molecule has 1 heterocycles. The SMILES string of the molecule is CC1=C/[C@@H](C)/C=C(/C)[C@]2(O)[C@H](C)[C@@H]3[C@@H](CC(C)C)C(=O)N[C@]34C(=O)c3cc(C)c(O)c(c3C(=O)[C@@H]42)C(=O)/C(C)=C\1. The quantitative estimate of drug-likeness (QED) is 0.455. The van der Waals surface area contributed by atoms with E-state index in [0.717, 1.165) is 5.57 Å². The number of hydrogen-bond donors (Lipinski definition) is 3. The molecule has 4 aliphatic rings. The molecule has 2 bridgehead atoms. The van der Waals surface area contributed by atoms with Crippen molar-refractivity contribution in [1.82, 2.24) is 5.32 Å². The van der Waals surface area contributed by atoms with Crippen molar-refractivity contribution >= 4 is 23.3 Å². The summed E-state index contributed by atoms with van der Waals surface area (Å²) < 4.78 is 0. The van der Waals surface area contributed by atoms with Crippen LogP contribution in [0, 0.1) is 42.4 Å². The van der Waals surface area contributed by atoms with Gasteiger partial charge in [0, 0.05) is 23.0 Å². The van der Waals surface area contributed by atoms with E-state index in [1.165, 1.54) is 6.07 Å². The van der Waals surface area contributed by atoms with E-state index in [4.69, 9.17) is 0 Å². The second kappa shape index (κ2) is 9.10. The van der Waals surface area contributed by atoms with Gasteiger partial charge >= 0.3 is 0 Å². The van der Waals surface area contributed by atoms with E-state index < -0.39 is 52.2 Å². The molecule has 0 aromatic heterocycles. The minimum absolute atomic E-state index is 0.0109. The molecule has 0 unspecified atom stereocenters. The second-order valence-corrected chi connectivity index (χ2v) is 13.0. The molecular formula is C33H39NO6.